The van der Waals surface area contributed by atoms with Crippen LogP contribution in [0.1, 0.15) is 58.8 Å². The van der Waals surface area contributed by atoms with Crippen molar-refractivity contribution in [2.24, 2.45) is 11.7 Å². The van der Waals surface area contributed by atoms with E-state index in [1.165, 1.54) is 19.3 Å². The second kappa shape index (κ2) is 10.9. The molecule has 0 radical (unpaired) electrons. The number of ether oxygens (including phenoxy) is 1. The Hall–Kier alpha value is -0.570. The third-order valence-electron chi connectivity index (χ3n) is 2.74. The van der Waals surface area contributed by atoms with E-state index >= 15 is 0 Å². The van der Waals surface area contributed by atoms with E-state index < -0.39 is 0 Å². The molecule has 16 heavy (non-hydrogen) atoms. The lowest BCUT2D eigenvalue weighted by Crippen LogP contribution is -2.16. The minimum Gasteiger partial charge on any atom is -0.465 e. The fraction of sp³-hybridized carbons (Fsp3) is 0.923. The molecule has 0 bridgehead atoms. The first kappa shape index (κ1) is 15.4. The van der Waals surface area contributed by atoms with E-state index in [1.807, 2.05) is 6.92 Å². The highest BCUT2D eigenvalue weighted by Gasteiger charge is 2.12. The third kappa shape index (κ3) is 8.72. The number of hydrogen-bond acceptors (Lipinski definition) is 3. The molecule has 0 fully saturated rings. The van der Waals surface area contributed by atoms with Gasteiger partial charge in [-0.1, -0.05) is 39.5 Å². The van der Waals surface area contributed by atoms with E-state index in [-0.39, 0.29) is 11.9 Å². The fourth-order valence-electron chi connectivity index (χ4n) is 1.56. The highest BCUT2D eigenvalue weighted by atomic mass is 16.5. The molecule has 1 atom stereocenters. The Bertz CT molecular complexity index is 171. The molecule has 0 saturated carbocycles. The number of hydrogen-bond donors (Lipinski definition) is 1. The number of nitrogens with two attached hydrogens (primary N) is 1. The number of carbonyl (C=O) groups is 1. The van der Waals surface area contributed by atoms with Gasteiger partial charge in [0.2, 0.25) is 0 Å². The first-order chi connectivity index (χ1) is 7.72. The lowest BCUT2D eigenvalue weighted by Gasteiger charge is -2.10. The van der Waals surface area contributed by atoms with Gasteiger partial charge in [0.25, 0.3) is 0 Å². The first-order valence-electron chi connectivity index (χ1n) is 6.59. The van der Waals surface area contributed by atoms with Crippen LogP contribution in [0.3, 0.4) is 0 Å². The Balaban J connectivity index is 3.35. The molecule has 96 valence electrons. The summed E-state index contributed by atoms with van der Waals surface area (Å²) in [6, 6.07) is 0. The minimum absolute atomic E-state index is 0.000748. The minimum atomic E-state index is -0.0658. The summed E-state index contributed by atoms with van der Waals surface area (Å²) in [4.78, 5) is 11.5. The molecule has 3 heteroatoms. The largest absolute Gasteiger partial charge is 0.465 e. The predicted molar refractivity (Wildman–Crippen MR) is 67.2 cm³/mol. The van der Waals surface area contributed by atoms with Gasteiger partial charge in [-0.3, -0.25) is 4.79 Å². The zero-order valence-corrected chi connectivity index (χ0v) is 10.8. The second-order valence-electron chi connectivity index (χ2n) is 4.41. The lowest BCUT2D eigenvalue weighted by atomic mass is 10.1. The molecule has 0 aliphatic heterocycles. The molecule has 0 spiro atoms. The Morgan fingerprint density at radius 1 is 1.19 bits per heavy atom. The summed E-state index contributed by atoms with van der Waals surface area (Å²) in [5, 5.41) is 0. The van der Waals surface area contributed by atoms with E-state index in [2.05, 4.69) is 6.92 Å². The zero-order chi connectivity index (χ0) is 12.2. The van der Waals surface area contributed by atoms with Crippen LogP contribution >= 0.6 is 0 Å². The van der Waals surface area contributed by atoms with Gasteiger partial charge in [-0.25, -0.2) is 0 Å². The molecule has 1 unspecified atom stereocenters. The van der Waals surface area contributed by atoms with Gasteiger partial charge in [0.15, 0.2) is 0 Å². The van der Waals surface area contributed by atoms with Crippen molar-refractivity contribution in [2.45, 2.75) is 58.8 Å². The van der Waals surface area contributed by atoms with Gasteiger partial charge in [-0.05, 0) is 25.8 Å². The molecule has 0 amide bonds. The summed E-state index contributed by atoms with van der Waals surface area (Å²) in [5.74, 6) is -0.0665. The summed E-state index contributed by atoms with van der Waals surface area (Å²) in [6.45, 7) is 5.33. The van der Waals surface area contributed by atoms with Gasteiger partial charge >= 0.3 is 5.97 Å². The maximum Gasteiger partial charge on any atom is 0.308 e. The van der Waals surface area contributed by atoms with Gasteiger partial charge in [0.05, 0.1) is 12.5 Å². The van der Waals surface area contributed by atoms with Crippen LogP contribution < -0.4 is 5.73 Å². The maximum absolute atomic E-state index is 11.5. The van der Waals surface area contributed by atoms with Gasteiger partial charge in [0.1, 0.15) is 0 Å². The molecule has 0 rings (SSSR count). The average molecular weight is 229 g/mol. The highest BCUT2D eigenvalue weighted by molar-refractivity contribution is 5.71. The van der Waals surface area contributed by atoms with Crippen molar-refractivity contribution in [3.05, 3.63) is 0 Å². The highest BCUT2D eigenvalue weighted by Crippen LogP contribution is 2.08. The summed E-state index contributed by atoms with van der Waals surface area (Å²) in [7, 11) is 0. The molecule has 0 aromatic carbocycles. The van der Waals surface area contributed by atoms with Crippen molar-refractivity contribution in [3.63, 3.8) is 0 Å². The van der Waals surface area contributed by atoms with Gasteiger partial charge in [0, 0.05) is 0 Å². The summed E-state index contributed by atoms with van der Waals surface area (Å²) in [6.07, 6.45) is 7.67. The summed E-state index contributed by atoms with van der Waals surface area (Å²) in [5.41, 5.74) is 5.39. The molecule has 0 aliphatic carbocycles. The topological polar surface area (TPSA) is 52.3 Å². The van der Waals surface area contributed by atoms with Crippen molar-refractivity contribution >= 4 is 5.97 Å². The molecular formula is C13H27NO2. The summed E-state index contributed by atoms with van der Waals surface area (Å²) >= 11 is 0. The molecule has 0 saturated heterocycles. The molecular weight excluding hydrogens is 202 g/mol. The predicted octanol–water partition coefficient (Wildman–Crippen LogP) is 2.88. The van der Waals surface area contributed by atoms with Crippen molar-refractivity contribution in [1.82, 2.24) is 0 Å². The molecule has 0 aromatic rings. The van der Waals surface area contributed by atoms with Gasteiger partial charge < -0.3 is 10.5 Å². The lowest BCUT2D eigenvalue weighted by molar-refractivity contribution is -0.148. The second-order valence-corrected chi connectivity index (χ2v) is 4.41. The Labute approximate surface area is 99.7 Å². The van der Waals surface area contributed by atoms with E-state index in [9.17, 15) is 4.79 Å². The molecule has 0 heterocycles. The van der Waals surface area contributed by atoms with E-state index in [1.54, 1.807) is 0 Å². The van der Waals surface area contributed by atoms with Gasteiger partial charge in [-0.15, -0.1) is 0 Å². The van der Waals surface area contributed by atoms with Crippen LogP contribution in [0.2, 0.25) is 0 Å². The van der Waals surface area contributed by atoms with Crippen LogP contribution in [0, 0.1) is 5.92 Å². The molecule has 2 N–H and O–H groups in total. The molecule has 0 aliphatic rings. The molecule has 3 nitrogen and oxygen atoms in total. The van der Waals surface area contributed by atoms with Crippen molar-refractivity contribution in [1.29, 1.82) is 0 Å². The first-order valence-corrected chi connectivity index (χ1v) is 6.59. The number of rotatable bonds is 10. The van der Waals surface area contributed by atoms with Crippen LogP contribution in [-0.4, -0.2) is 19.1 Å². The monoisotopic (exact) mass is 229 g/mol. The third-order valence-corrected chi connectivity index (χ3v) is 2.74. The van der Waals surface area contributed by atoms with Gasteiger partial charge in [-0.2, -0.15) is 0 Å². The summed E-state index contributed by atoms with van der Waals surface area (Å²) < 4.78 is 5.20. The van der Waals surface area contributed by atoms with Crippen molar-refractivity contribution < 1.29 is 9.53 Å². The number of unbranched alkanes of at least 4 members (excludes halogenated alkanes) is 4. The maximum atomic E-state index is 11.5. The molecule has 0 aromatic heterocycles. The fourth-order valence-corrected chi connectivity index (χ4v) is 1.56. The zero-order valence-electron chi connectivity index (χ0n) is 10.8. The average Bonchev–Trinajstić information content (AvgIpc) is 2.30. The standard InChI is InChI=1S/C13H27NO2/c1-3-4-5-6-7-11-16-13(15)12(2)9-8-10-14/h12H,3-11,14H2,1-2H3. The van der Waals surface area contributed by atoms with Crippen LogP contribution in [-0.2, 0) is 9.53 Å². The van der Waals surface area contributed by atoms with E-state index in [4.69, 9.17) is 10.5 Å². The smallest absolute Gasteiger partial charge is 0.308 e. The van der Waals surface area contributed by atoms with Crippen molar-refractivity contribution in [2.75, 3.05) is 13.2 Å². The number of carbonyl (C=O) groups excluding carboxylic acids is 1. The van der Waals surface area contributed by atoms with Crippen LogP contribution in [0.5, 0.6) is 0 Å². The quantitative estimate of drug-likeness (QED) is 0.463. The van der Waals surface area contributed by atoms with Crippen LogP contribution in [0.25, 0.3) is 0 Å². The normalized spacial score (nSPS) is 12.4. The Morgan fingerprint density at radius 3 is 2.50 bits per heavy atom. The Morgan fingerprint density at radius 2 is 1.88 bits per heavy atom. The Kier molecular flexibility index (Phi) is 10.5. The SMILES string of the molecule is CCCCCCCOC(=O)C(C)CCCN. The van der Waals surface area contributed by atoms with Crippen molar-refractivity contribution in [3.8, 4) is 0 Å². The van der Waals surface area contributed by atoms with E-state index in [0.717, 1.165) is 25.7 Å². The van der Waals surface area contributed by atoms with E-state index in [0.29, 0.717) is 13.2 Å². The number of esters is 1. The van der Waals surface area contributed by atoms with Crippen LogP contribution in [0.15, 0.2) is 0 Å². The van der Waals surface area contributed by atoms with Crippen LogP contribution in [0.4, 0.5) is 0 Å².